The van der Waals surface area contributed by atoms with Crippen molar-refractivity contribution >= 4 is 33.1 Å². The van der Waals surface area contributed by atoms with Crippen LogP contribution < -0.4 is 9.62 Å². The van der Waals surface area contributed by atoms with Crippen LogP contribution >= 0.6 is 11.6 Å². The molecule has 0 amide bonds. The number of sulfonamides is 1. The normalized spacial score (nSPS) is 17.5. The molecule has 1 saturated heterocycles. The average molecular weight is 413 g/mol. The highest BCUT2D eigenvalue weighted by Gasteiger charge is 2.25. The summed E-state index contributed by atoms with van der Waals surface area (Å²) in [6.07, 6.45) is 1.07. The van der Waals surface area contributed by atoms with Gasteiger partial charge in [0, 0.05) is 19.6 Å². The highest BCUT2D eigenvalue weighted by Crippen LogP contribution is 2.32. The number of anilines is 2. The summed E-state index contributed by atoms with van der Waals surface area (Å²) in [5, 5.41) is 0.371. The van der Waals surface area contributed by atoms with Crippen LogP contribution in [0.1, 0.15) is 6.42 Å². The zero-order valence-electron chi connectivity index (χ0n) is 15.2. The molecular weight excluding hydrogens is 391 g/mol. The predicted octanol–water partition coefficient (Wildman–Crippen LogP) is 3.06. The summed E-state index contributed by atoms with van der Waals surface area (Å²) in [5.41, 5.74) is 0.820. The van der Waals surface area contributed by atoms with Crippen molar-refractivity contribution in [3.63, 3.8) is 0 Å². The van der Waals surface area contributed by atoms with Gasteiger partial charge in [-0.3, -0.25) is 4.72 Å². The quantitative estimate of drug-likeness (QED) is 0.738. The van der Waals surface area contributed by atoms with E-state index >= 15 is 0 Å². The van der Waals surface area contributed by atoms with Crippen molar-refractivity contribution < 1.29 is 12.8 Å². The standard InChI is InChI=1S/C18H22ClFN4O2S/c1-23(2)11-13-8-9-24(12-13)16-7-6-14(10-15(16)19)27(25,26)22-18-5-3-4-17(20)21-18/h3-7,10,13H,8-9,11-12H2,1-2H3,(H,21,22). The lowest BCUT2D eigenvalue weighted by Crippen LogP contribution is -2.25. The summed E-state index contributed by atoms with van der Waals surface area (Å²) in [7, 11) is 0.194. The first-order chi connectivity index (χ1) is 12.7. The van der Waals surface area contributed by atoms with Crippen LogP contribution in [-0.4, -0.2) is 52.0 Å². The van der Waals surface area contributed by atoms with Gasteiger partial charge in [0.25, 0.3) is 10.0 Å². The van der Waals surface area contributed by atoms with E-state index in [1.54, 1.807) is 6.07 Å². The third-order valence-corrected chi connectivity index (χ3v) is 6.09. The largest absolute Gasteiger partial charge is 0.370 e. The minimum atomic E-state index is -3.91. The molecule has 0 bridgehead atoms. The number of aromatic nitrogens is 1. The molecule has 1 aromatic heterocycles. The molecular formula is C18H22ClFN4O2S. The summed E-state index contributed by atoms with van der Waals surface area (Å²) in [6.45, 7) is 2.77. The molecule has 0 saturated carbocycles. The van der Waals surface area contributed by atoms with E-state index in [-0.39, 0.29) is 10.7 Å². The van der Waals surface area contributed by atoms with E-state index in [0.717, 1.165) is 37.8 Å². The van der Waals surface area contributed by atoms with Gasteiger partial charge in [0.15, 0.2) is 0 Å². The van der Waals surface area contributed by atoms with Crippen LogP contribution in [-0.2, 0) is 10.0 Å². The number of halogens is 2. The van der Waals surface area contributed by atoms with Gasteiger partial charge in [0.2, 0.25) is 5.95 Å². The highest BCUT2D eigenvalue weighted by atomic mass is 35.5. The molecule has 1 unspecified atom stereocenters. The van der Waals surface area contributed by atoms with Crippen molar-refractivity contribution in [2.45, 2.75) is 11.3 Å². The minimum Gasteiger partial charge on any atom is -0.370 e. The number of benzene rings is 1. The van der Waals surface area contributed by atoms with E-state index in [9.17, 15) is 12.8 Å². The maximum absolute atomic E-state index is 13.2. The Hall–Kier alpha value is -1.90. The van der Waals surface area contributed by atoms with Crippen LogP contribution in [0.4, 0.5) is 15.9 Å². The van der Waals surface area contributed by atoms with Crippen LogP contribution in [0.2, 0.25) is 5.02 Å². The van der Waals surface area contributed by atoms with Crippen molar-refractivity contribution in [2.75, 3.05) is 43.4 Å². The number of pyridine rings is 1. The maximum atomic E-state index is 13.2. The molecule has 9 heteroatoms. The summed E-state index contributed by atoms with van der Waals surface area (Å²) < 4.78 is 40.5. The summed E-state index contributed by atoms with van der Waals surface area (Å²) in [4.78, 5) is 7.86. The van der Waals surface area contributed by atoms with Crippen molar-refractivity contribution in [1.82, 2.24) is 9.88 Å². The zero-order chi connectivity index (χ0) is 19.6. The van der Waals surface area contributed by atoms with Gasteiger partial charge in [-0.25, -0.2) is 13.4 Å². The van der Waals surface area contributed by atoms with Gasteiger partial charge in [-0.2, -0.15) is 4.39 Å². The molecule has 1 aromatic carbocycles. The fourth-order valence-corrected chi connectivity index (χ4v) is 4.68. The van der Waals surface area contributed by atoms with Gasteiger partial charge in [0.1, 0.15) is 5.82 Å². The Labute approximate surface area is 164 Å². The van der Waals surface area contributed by atoms with Crippen molar-refractivity contribution in [2.24, 2.45) is 5.92 Å². The second-order valence-corrected chi connectivity index (χ2v) is 9.02. The second-order valence-electron chi connectivity index (χ2n) is 6.93. The van der Waals surface area contributed by atoms with Crippen molar-refractivity contribution in [3.8, 4) is 0 Å². The van der Waals surface area contributed by atoms with E-state index in [1.165, 1.54) is 24.3 Å². The zero-order valence-corrected chi connectivity index (χ0v) is 16.8. The molecule has 146 valence electrons. The Morgan fingerprint density at radius 1 is 1.33 bits per heavy atom. The van der Waals surface area contributed by atoms with Crippen LogP contribution in [0, 0.1) is 11.9 Å². The lowest BCUT2D eigenvalue weighted by molar-refractivity contribution is 0.340. The third-order valence-electron chi connectivity index (χ3n) is 4.43. The fourth-order valence-electron chi connectivity index (χ4n) is 3.29. The van der Waals surface area contributed by atoms with Crippen LogP contribution in [0.5, 0.6) is 0 Å². The lowest BCUT2D eigenvalue weighted by Gasteiger charge is -2.21. The SMILES string of the molecule is CN(C)CC1CCN(c2ccc(S(=O)(=O)Nc3cccc(F)n3)cc2Cl)C1. The molecule has 3 rings (SSSR count). The van der Waals surface area contributed by atoms with Crippen LogP contribution in [0.15, 0.2) is 41.3 Å². The summed E-state index contributed by atoms with van der Waals surface area (Å²) >= 11 is 6.38. The molecule has 1 aliphatic rings. The van der Waals surface area contributed by atoms with Crippen LogP contribution in [0.3, 0.4) is 0 Å². The fraction of sp³-hybridized carbons (Fsp3) is 0.389. The topological polar surface area (TPSA) is 65.5 Å². The number of rotatable bonds is 6. The lowest BCUT2D eigenvalue weighted by atomic mass is 10.1. The Kier molecular flexibility index (Phi) is 5.88. The molecule has 0 radical (unpaired) electrons. The molecule has 0 spiro atoms. The van der Waals surface area contributed by atoms with Gasteiger partial charge in [-0.15, -0.1) is 0 Å². The number of hydrogen-bond acceptors (Lipinski definition) is 5. The van der Waals surface area contributed by atoms with Gasteiger partial charge >= 0.3 is 0 Å². The summed E-state index contributed by atoms with van der Waals surface area (Å²) in [5.74, 6) is -0.286. The van der Waals surface area contributed by atoms with Gasteiger partial charge in [-0.05, 0) is 56.8 Å². The molecule has 6 nitrogen and oxygen atoms in total. The minimum absolute atomic E-state index is 0.00588. The molecule has 1 atom stereocenters. The molecule has 1 N–H and O–H groups in total. The number of nitrogens with zero attached hydrogens (tertiary/aromatic N) is 3. The maximum Gasteiger partial charge on any atom is 0.263 e. The molecule has 27 heavy (non-hydrogen) atoms. The first kappa shape index (κ1) is 19.9. The van der Waals surface area contributed by atoms with E-state index in [4.69, 9.17) is 11.6 Å². The Bertz CT molecular complexity index is 923. The van der Waals surface area contributed by atoms with E-state index in [2.05, 4.69) is 33.6 Å². The highest BCUT2D eigenvalue weighted by molar-refractivity contribution is 7.92. The second kappa shape index (κ2) is 8.00. The molecule has 1 aliphatic heterocycles. The van der Waals surface area contributed by atoms with Gasteiger partial charge in [-0.1, -0.05) is 17.7 Å². The van der Waals surface area contributed by atoms with Gasteiger partial charge in [0.05, 0.1) is 15.6 Å². The Morgan fingerprint density at radius 2 is 2.11 bits per heavy atom. The molecule has 0 aliphatic carbocycles. The molecule has 2 heterocycles. The Balaban J connectivity index is 1.76. The van der Waals surface area contributed by atoms with Crippen molar-refractivity contribution in [3.05, 3.63) is 47.4 Å². The smallest absolute Gasteiger partial charge is 0.263 e. The summed E-state index contributed by atoms with van der Waals surface area (Å²) in [6, 6.07) is 8.54. The van der Waals surface area contributed by atoms with Crippen LogP contribution in [0.25, 0.3) is 0 Å². The van der Waals surface area contributed by atoms with Gasteiger partial charge < -0.3 is 9.80 Å². The van der Waals surface area contributed by atoms with Crippen molar-refractivity contribution in [1.29, 1.82) is 0 Å². The third kappa shape index (κ3) is 4.88. The first-order valence-corrected chi connectivity index (χ1v) is 10.5. The monoisotopic (exact) mass is 412 g/mol. The predicted molar refractivity (Wildman–Crippen MR) is 105 cm³/mol. The van der Waals surface area contributed by atoms with E-state index in [1.807, 2.05) is 0 Å². The van der Waals surface area contributed by atoms with E-state index < -0.39 is 16.0 Å². The number of nitrogens with one attached hydrogen (secondary N) is 1. The number of hydrogen-bond donors (Lipinski definition) is 1. The average Bonchev–Trinajstić information content (AvgIpc) is 3.01. The van der Waals surface area contributed by atoms with E-state index in [0.29, 0.717) is 10.9 Å². The Morgan fingerprint density at radius 3 is 2.78 bits per heavy atom. The molecule has 2 aromatic rings. The molecule has 1 fully saturated rings. The first-order valence-electron chi connectivity index (χ1n) is 8.59.